The number of carbonyl (C=O) groups excluding carboxylic acids is 1. The Labute approximate surface area is 209 Å². The second-order valence-electron chi connectivity index (χ2n) is 8.43. The van der Waals surface area contributed by atoms with Crippen LogP contribution in [0.15, 0.2) is 59.6 Å². The lowest BCUT2D eigenvalue weighted by Crippen LogP contribution is -2.44. The molecule has 0 saturated carbocycles. The van der Waals surface area contributed by atoms with Gasteiger partial charge in [-0.25, -0.2) is 4.99 Å². The highest BCUT2D eigenvalue weighted by Gasteiger charge is 2.29. The second-order valence-corrected chi connectivity index (χ2v) is 8.43. The number of benzene rings is 2. The number of halogens is 1. The molecule has 7 heteroatoms. The van der Waals surface area contributed by atoms with Crippen molar-refractivity contribution >= 4 is 35.8 Å². The average Bonchev–Trinajstić information content (AvgIpc) is 3.11. The van der Waals surface area contributed by atoms with E-state index in [-0.39, 0.29) is 29.9 Å². The zero-order valence-electron chi connectivity index (χ0n) is 19.5. The summed E-state index contributed by atoms with van der Waals surface area (Å²) >= 11 is 0. The van der Waals surface area contributed by atoms with E-state index in [1.54, 1.807) is 19.0 Å². The quantitative estimate of drug-likeness (QED) is 0.314. The van der Waals surface area contributed by atoms with Crippen LogP contribution in [-0.2, 0) is 13.1 Å². The molecular weight excluding hydrogens is 513 g/mol. The third-order valence-corrected chi connectivity index (χ3v) is 5.64. The summed E-state index contributed by atoms with van der Waals surface area (Å²) in [6.07, 6.45) is 1.10. The lowest BCUT2D eigenvalue weighted by molar-refractivity contribution is 0.0827. The normalized spacial score (nSPS) is 18.7. The SMILES string of the molecule is CCNC(=NCc1ccc(C(=O)N(C)C)cc1)NC1CC(C)N(Cc2ccccc2)C1.I. The van der Waals surface area contributed by atoms with Crippen LogP contribution in [0.5, 0.6) is 0 Å². The van der Waals surface area contributed by atoms with Gasteiger partial charge in [0.05, 0.1) is 6.54 Å². The van der Waals surface area contributed by atoms with Crippen molar-refractivity contribution < 1.29 is 4.79 Å². The van der Waals surface area contributed by atoms with Gasteiger partial charge in [-0.1, -0.05) is 42.5 Å². The van der Waals surface area contributed by atoms with Gasteiger partial charge in [0.1, 0.15) is 0 Å². The standard InChI is InChI=1S/C25H35N5O.HI/c1-5-26-25(27-16-20-11-13-22(14-12-20)24(31)29(3)4)28-23-15-19(2)30(18-23)17-21-9-7-6-8-10-21;/h6-14,19,23H,5,15-18H2,1-4H3,(H2,26,27,28);1H. The number of likely N-dealkylation sites (tertiary alicyclic amines) is 1. The zero-order valence-corrected chi connectivity index (χ0v) is 21.9. The largest absolute Gasteiger partial charge is 0.357 e. The van der Waals surface area contributed by atoms with Crippen molar-refractivity contribution in [2.24, 2.45) is 4.99 Å². The first kappa shape index (κ1) is 26.1. The van der Waals surface area contributed by atoms with Crippen molar-refractivity contribution in [2.45, 2.75) is 45.4 Å². The van der Waals surface area contributed by atoms with Crippen molar-refractivity contribution in [3.05, 3.63) is 71.3 Å². The Balaban J connectivity index is 0.00000363. The molecule has 174 valence electrons. The number of rotatable bonds is 7. The maximum atomic E-state index is 12.0. The predicted octanol–water partition coefficient (Wildman–Crippen LogP) is 3.72. The monoisotopic (exact) mass is 549 g/mol. The highest BCUT2D eigenvalue weighted by molar-refractivity contribution is 14.0. The number of hydrogen-bond acceptors (Lipinski definition) is 3. The van der Waals surface area contributed by atoms with Gasteiger partial charge in [-0.3, -0.25) is 9.69 Å². The zero-order chi connectivity index (χ0) is 22.2. The Morgan fingerprint density at radius 3 is 2.41 bits per heavy atom. The number of amides is 1. The van der Waals surface area contributed by atoms with Gasteiger partial charge >= 0.3 is 0 Å². The van der Waals surface area contributed by atoms with Gasteiger partial charge < -0.3 is 15.5 Å². The number of carbonyl (C=O) groups is 1. The van der Waals surface area contributed by atoms with Gasteiger partial charge in [-0.05, 0) is 43.5 Å². The molecule has 0 aliphatic carbocycles. The number of guanidine groups is 1. The summed E-state index contributed by atoms with van der Waals surface area (Å²) in [6, 6.07) is 19.2. The Kier molecular flexibility index (Phi) is 10.4. The fraction of sp³-hybridized carbons (Fsp3) is 0.440. The highest BCUT2D eigenvalue weighted by Crippen LogP contribution is 2.20. The van der Waals surface area contributed by atoms with Crippen LogP contribution in [0.25, 0.3) is 0 Å². The topological polar surface area (TPSA) is 60.0 Å². The van der Waals surface area contributed by atoms with Gasteiger partial charge in [0, 0.05) is 51.4 Å². The molecule has 2 aromatic rings. The average molecular weight is 550 g/mol. The molecule has 2 unspecified atom stereocenters. The molecule has 6 nitrogen and oxygen atoms in total. The molecule has 2 N–H and O–H groups in total. The second kappa shape index (κ2) is 12.8. The molecule has 0 bridgehead atoms. The fourth-order valence-corrected chi connectivity index (χ4v) is 3.94. The van der Waals surface area contributed by atoms with E-state index < -0.39 is 0 Å². The van der Waals surface area contributed by atoms with Crippen LogP contribution in [0, 0.1) is 0 Å². The molecule has 2 atom stereocenters. The summed E-state index contributed by atoms with van der Waals surface area (Å²) in [7, 11) is 3.53. The van der Waals surface area contributed by atoms with Crippen LogP contribution >= 0.6 is 24.0 Å². The van der Waals surface area contributed by atoms with Crippen molar-refractivity contribution in [3.8, 4) is 0 Å². The third-order valence-electron chi connectivity index (χ3n) is 5.64. The van der Waals surface area contributed by atoms with E-state index in [0.29, 0.717) is 24.2 Å². The van der Waals surface area contributed by atoms with Crippen LogP contribution in [0.1, 0.15) is 41.8 Å². The molecule has 1 aliphatic rings. The molecule has 1 aliphatic heterocycles. The van der Waals surface area contributed by atoms with E-state index in [0.717, 1.165) is 37.6 Å². The van der Waals surface area contributed by atoms with E-state index in [1.807, 2.05) is 24.3 Å². The first-order valence-corrected chi connectivity index (χ1v) is 11.1. The number of nitrogens with one attached hydrogen (secondary N) is 2. The molecule has 0 spiro atoms. The maximum Gasteiger partial charge on any atom is 0.253 e. The van der Waals surface area contributed by atoms with Crippen LogP contribution in [0.2, 0.25) is 0 Å². The molecule has 1 saturated heterocycles. The first-order chi connectivity index (χ1) is 15.0. The third kappa shape index (κ3) is 7.48. The number of aliphatic imine (C=N–C) groups is 1. The van der Waals surface area contributed by atoms with Crippen molar-refractivity contribution in [2.75, 3.05) is 27.2 Å². The van der Waals surface area contributed by atoms with E-state index in [4.69, 9.17) is 4.99 Å². The van der Waals surface area contributed by atoms with Crippen molar-refractivity contribution in [1.82, 2.24) is 20.4 Å². The lowest BCUT2D eigenvalue weighted by Gasteiger charge is -2.21. The Hall–Kier alpha value is -2.13. The summed E-state index contributed by atoms with van der Waals surface area (Å²) in [4.78, 5) is 20.9. The van der Waals surface area contributed by atoms with Gasteiger partial charge in [0.25, 0.3) is 5.91 Å². The van der Waals surface area contributed by atoms with Gasteiger partial charge in [-0.15, -0.1) is 24.0 Å². The van der Waals surface area contributed by atoms with Crippen LogP contribution in [0.4, 0.5) is 0 Å². The minimum Gasteiger partial charge on any atom is -0.357 e. The van der Waals surface area contributed by atoms with Crippen LogP contribution in [0.3, 0.4) is 0 Å². The molecule has 32 heavy (non-hydrogen) atoms. The minimum absolute atomic E-state index is 0. The summed E-state index contributed by atoms with van der Waals surface area (Å²) in [5.74, 6) is 0.857. The molecule has 3 rings (SSSR count). The van der Waals surface area contributed by atoms with E-state index in [2.05, 4.69) is 59.7 Å². The summed E-state index contributed by atoms with van der Waals surface area (Å²) < 4.78 is 0. The lowest BCUT2D eigenvalue weighted by atomic mass is 10.1. The smallest absolute Gasteiger partial charge is 0.253 e. The Morgan fingerprint density at radius 2 is 1.78 bits per heavy atom. The summed E-state index contributed by atoms with van der Waals surface area (Å²) in [5, 5.41) is 6.98. The summed E-state index contributed by atoms with van der Waals surface area (Å²) in [5.41, 5.74) is 3.13. The molecule has 0 radical (unpaired) electrons. The summed E-state index contributed by atoms with van der Waals surface area (Å²) in [6.45, 7) is 7.75. The predicted molar refractivity (Wildman–Crippen MR) is 143 cm³/mol. The minimum atomic E-state index is 0. The van der Waals surface area contributed by atoms with Crippen molar-refractivity contribution in [3.63, 3.8) is 0 Å². The van der Waals surface area contributed by atoms with Crippen LogP contribution in [-0.4, -0.2) is 60.9 Å². The first-order valence-electron chi connectivity index (χ1n) is 11.1. The Morgan fingerprint density at radius 1 is 1.09 bits per heavy atom. The van der Waals surface area contributed by atoms with Crippen molar-refractivity contribution in [1.29, 1.82) is 0 Å². The number of nitrogens with zero attached hydrogens (tertiary/aromatic N) is 3. The van der Waals surface area contributed by atoms with Gasteiger partial charge in [0.2, 0.25) is 0 Å². The van der Waals surface area contributed by atoms with Gasteiger partial charge in [-0.2, -0.15) is 0 Å². The molecule has 2 aromatic carbocycles. The number of hydrogen-bond donors (Lipinski definition) is 2. The molecular formula is C25H36IN5O. The molecule has 1 fully saturated rings. The molecule has 1 amide bonds. The highest BCUT2D eigenvalue weighted by atomic mass is 127. The maximum absolute atomic E-state index is 12.0. The van der Waals surface area contributed by atoms with E-state index >= 15 is 0 Å². The van der Waals surface area contributed by atoms with Gasteiger partial charge in [0.15, 0.2) is 5.96 Å². The van der Waals surface area contributed by atoms with E-state index in [1.165, 1.54) is 5.56 Å². The fourth-order valence-electron chi connectivity index (χ4n) is 3.94. The van der Waals surface area contributed by atoms with E-state index in [9.17, 15) is 4.79 Å². The molecule has 0 aromatic heterocycles. The van der Waals surface area contributed by atoms with Crippen LogP contribution < -0.4 is 10.6 Å². The molecule has 1 heterocycles. The Bertz CT molecular complexity index is 870.